The van der Waals surface area contributed by atoms with Crippen molar-refractivity contribution in [2.45, 2.75) is 5.41 Å². The van der Waals surface area contributed by atoms with E-state index >= 15 is 0 Å². The number of hydrogen-bond acceptors (Lipinski definition) is 4. The van der Waals surface area contributed by atoms with Crippen LogP contribution in [0.25, 0.3) is 98.8 Å². The van der Waals surface area contributed by atoms with Gasteiger partial charge in [0, 0.05) is 36.9 Å². The van der Waals surface area contributed by atoms with Gasteiger partial charge < -0.3 is 0 Å². The van der Waals surface area contributed by atoms with Gasteiger partial charge >= 0.3 is 0 Å². The van der Waals surface area contributed by atoms with Crippen LogP contribution < -0.4 is 0 Å². The standard InChI is InChI=1S/C58H35N3S/c1-2-16-36(17-3-1)39-18-4-5-22-45(39)56-59-55(38-34-32-37(33-35-38)40-24-14-25-44-43-21-9-13-31-52(43)62-54(40)44)60-57(61-56)47-26-15-30-51-53(47)46-23-8-12-29-50(46)58(51)48-27-10-6-19-41(48)42-20-7-11-28-49(42)58/h1-35H. The molecule has 0 unspecified atom stereocenters. The zero-order chi connectivity index (χ0) is 40.8. The molecule has 2 heterocycles. The highest BCUT2D eigenvalue weighted by Gasteiger charge is 2.52. The van der Waals surface area contributed by atoms with Gasteiger partial charge in [-0.15, -0.1) is 11.3 Å². The van der Waals surface area contributed by atoms with Gasteiger partial charge in [-0.05, 0) is 72.8 Å². The summed E-state index contributed by atoms with van der Waals surface area (Å²) in [6.45, 7) is 0. The third-order valence-electron chi connectivity index (χ3n) is 13.0. The van der Waals surface area contributed by atoms with Crippen molar-refractivity contribution < 1.29 is 0 Å². The lowest BCUT2D eigenvalue weighted by atomic mass is 9.70. The maximum absolute atomic E-state index is 5.44. The molecule has 9 aromatic carbocycles. The van der Waals surface area contributed by atoms with Gasteiger partial charge in [0.15, 0.2) is 17.5 Å². The Morgan fingerprint density at radius 1 is 0.290 bits per heavy atom. The van der Waals surface area contributed by atoms with E-state index in [0.29, 0.717) is 17.5 Å². The molecule has 0 N–H and O–H groups in total. The van der Waals surface area contributed by atoms with E-state index in [1.807, 2.05) is 11.3 Å². The van der Waals surface area contributed by atoms with Crippen molar-refractivity contribution >= 4 is 31.5 Å². The summed E-state index contributed by atoms with van der Waals surface area (Å²) in [6.07, 6.45) is 0. The lowest BCUT2D eigenvalue weighted by Gasteiger charge is -2.30. The van der Waals surface area contributed by atoms with Crippen LogP contribution in [0.2, 0.25) is 0 Å². The van der Waals surface area contributed by atoms with Crippen LogP contribution in [-0.4, -0.2) is 15.0 Å². The summed E-state index contributed by atoms with van der Waals surface area (Å²) in [6, 6.07) is 76.5. The van der Waals surface area contributed by atoms with E-state index in [1.54, 1.807) is 0 Å². The molecule has 0 radical (unpaired) electrons. The van der Waals surface area contributed by atoms with Gasteiger partial charge in [-0.1, -0.05) is 206 Å². The fourth-order valence-corrected chi connectivity index (χ4v) is 11.6. The Bertz CT molecular complexity index is 3540. The second kappa shape index (κ2) is 13.6. The van der Waals surface area contributed by atoms with Crippen LogP contribution in [0.15, 0.2) is 212 Å². The summed E-state index contributed by atoms with van der Waals surface area (Å²) in [5.41, 5.74) is 17.1. The monoisotopic (exact) mass is 805 g/mol. The van der Waals surface area contributed by atoms with Gasteiger partial charge in [-0.3, -0.25) is 0 Å². The lowest BCUT2D eigenvalue weighted by Crippen LogP contribution is -2.25. The first-order chi connectivity index (χ1) is 30.8. The number of hydrogen-bond donors (Lipinski definition) is 0. The Morgan fingerprint density at radius 2 is 0.758 bits per heavy atom. The van der Waals surface area contributed by atoms with E-state index < -0.39 is 5.41 Å². The predicted octanol–water partition coefficient (Wildman–Crippen LogP) is 14.9. The number of thiophene rings is 1. The molecule has 2 aliphatic carbocycles. The van der Waals surface area contributed by atoms with Crippen LogP contribution in [0.5, 0.6) is 0 Å². The van der Waals surface area contributed by atoms with Crippen molar-refractivity contribution in [3.63, 3.8) is 0 Å². The van der Waals surface area contributed by atoms with E-state index in [4.69, 9.17) is 15.0 Å². The summed E-state index contributed by atoms with van der Waals surface area (Å²) >= 11 is 1.85. The summed E-state index contributed by atoms with van der Waals surface area (Å²) in [5.74, 6) is 1.92. The fourth-order valence-electron chi connectivity index (χ4n) is 10.4. The Morgan fingerprint density at radius 3 is 1.50 bits per heavy atom. The van der Waals surface area contributed by atoms with Crippen molar-refractivity contribution in [1.29, 1.82) is 0 Å². The maximum atomic E-state index is 5.44. The van der Waals surface area contributed by atoms with Gasteiger partial charge in [-0.25, -0.2) is 15.0 Å². The minimum atomic E-state index is -0.471. The molecular formula is C58H35N3S. The van der Waals surface area contributed by atoms with Crippen molar-refractivity contribution in [2.75, 3.05) is 0 Å². The van der Waals surface area contributed by atoms with E-state index in [9.17, 15) is 0 Å². The number of benzene rings is 9. The second-order valence-electron chi connectivity index (χ2n) is 16.2. The molecule has 13 rings (SSSR count). The number of rotatable bonds is 5. The Balaban J connectivity index is 1.03. The van der Waals surface area contributed by atoms with Crippen LogP contribution >= 0.6 is 11.3 Å². The molecule has 0 bridgehead atoms. The number of nitrogens with zero attached hydrogens (tertiary/aromatic N) is 3. The van der Waals surface area contributed by atoms with Crippen LogP contribution in [0, 0.1) is 0 Å². The van der Waals surface area contributed by atoms with Gasteiger partial charge in [0.25, 0.3) is 0 Å². The summed E-state index contributed by atoms with van der Waals surface area (Å²) in [7, 11) is 0. The topological polar surface area (TPSA) is 38.7 Å². The molecule has 0 saturated carbocycles. The molecule has 1 spiro atoms. The van der Waals surface area contributed by atoms with Gasteiger partial charge in [0.2, 0.25) is 0 Å². The van der Waals surface area contributed by atoms with Gasteiger partial charge in [0.1, 0.15) is 0 Å². The highest BCUT2D eigenvalue weighted by Crippen LogP contribution is 2.63. The highest BCUT2D eigenvalue weighted by molar-refractivity contribution is 7.26. The molecule has 11 aromatic rings. The van der Waals surface area contributed by atoms with E-state index in [2.05, 4.69) is 212 Å². The Hall–Kier alpha value is -7.79. The molecule has 0 saturated heterocycles. The van der Waals surface area contributed by atoms with Crippen LogP contribution in [-0.2, 0) is 5.41 Å². The molecule has 0 amide bonds. The van der Waals surface area contributed by atoms with E-state index in [1.165, 1.54) is 70.2 Å². The Kier molecular flexibility index (Phi) is 7.69. The first kappa shape index (κ1) is 35.0. The minimum absolute atomic E-state index is 0.471. The predicted molar refractivity (Wildman–Crippen MR) is 256 cm³/mol. The molecule has 2 aliphatic rings. The summed E-state index contributed by atoms with van der Waals surface area (Å²) in [5, 5.41) is 2.59. The molecule has 0 aliphatic heterocycles. The average molecular weight is 806 g/mol. The highest BCUT2D eigenvalue weighted by atomic mass is 32.1. The first-order valence-corrected chi connectivity index (χ1v) is 21.9. The second-order valence-corrected chi connectivity index (χ2v) is 17.2. The molecule has 62 heavy (non-hydrogen) atoms. The molecule has 4 heteroatoms. The first-order valence-electron chi connectivity index (χ1n) is 21.1. The Labute approximate surface area is 363 Å². The maximum Gasteiger partial charge on any atom is 0.164 e. The third kappa shape index (κ3) is 5.02. The largest absolute Gasteiger partial charge is 0.208 e. The van der Waals surface area contributed by atoms with Gasteiger partial charge in [-0.2, -0.15) is 0 Å². The van der Waals surface area contributed by atoms with Crippen LogP contribution in [0.3, 0.4) is 0 Å². The van der Waals surface area contributed by atoms with E-state index in [0.717, 1.165) is 33.4 Å². The quantitative estimate of drug-likeness (QED) is 0.174. The summed E-state index contributed by atoms with van der Waals surface area (Å²) < 4.78 is 2.60. The third-order valence-corrected chi connectivity index (χ3v) is 14.2. The van der Waals surface area contributed by atoms with Crippen molar-refractivity contribution in [1.82, 2.24) is 15.0 Å². The molecule has 0 fully saturated rings. The summed E-state index contributed by atoms with van der Waals surface area (Å²) in [4.78, 5) is 16.2. The van der Waals surface area contributed by atoms with Crippen LogP contribution in [0.1, 0.15) is 22.3 Å². The molecule has 2 aromatic heterocycles. The smallest absolute Gasteiger partial charge is 0.164 e. The van der Waals surface area contributed by atoms with Crippen molar-refractivity contribution in [2.24, 2.45) is 0 Å². The molecule has 0 atom stereocenters. The normalized spacial score (nSPS) is 13.0. The minimum Gasteiger partial charge on any atom is -0.208 e. The zero-order valence-corrected chi connectivity index (χ0v) is 34.3. The van der Waals surface area contributed by atoms with E-state index in [-0.39, 0.29) is 0 Å². The average Bonchev–Trinajstić information content (AvgIpc) is 3.99. The van der Waals surface area contributed by atoms with Crippen molar-refractivity contribution in [3.8, 4) is 78.7 Å². The molecule has 288 valence electrons. The zero-order valence-electron chi connectivity index (χ0n) is 33.5. The number of fused-ring (bicyclic) bond motifs is 13. The lowest BCUT2D eigenvalue weighted by molar-refractivity contribution is 0.794. The fraction of sp³-hybridized carbons (Fsp3) is 0.0172. The number of aromatic nitrogens is 3. The SMILES string of the molecule is c1ccc(-c2ccccc2-c2nc(-c3ccc(-c4cccc5c4sc4ccccc45)cc3)nc(-c3cccc4c3-c3ccccc3C43c4ccccc4-c4ccccc43)n2)cc1. The van der Waals surface area contributed by atoms with Crippen LogP contribution in [0.4, 0.5) is 0 Å². The van der Waals surface area contributed by atoms with Gasteiger partial charge in [0.05, 0.1) is 5.41 Å². The molecule has 3 nitrogen and oxygen atoms in total. The molecular weight excluding hydrogens is 771 g/mol. The van der Waals surface area contributed by atoms with Crippen molar-refractivity contribution in [3.05, 3.63) is 235 Å².